The third-order valence-electron chi connectivity index (χ3n) is 6.89. The van der Waals surface area contributed by atoms with Gasteiger partial charge in [0, 0.05) is 12.5 Å². The van der Waals surface area contributed by atoms with E-state index in [4.69, 9.17) is 14.2 Å². The van der Waals surface area contributed by atoms with Gasteiger partial charge in [-0.15, -0.1) is 0 Å². The molecule has 0 aromatic heterocycles. The van der Waals surface area contributed by atoms with E-state index in [-0.39, 0.29) is 23.5 Å². The first-order valence-corrected chi connectivity index (χ1v) is 11.6. The maximum atomic E-state index is 12.7. The molecule has 174 valence electrons. The molecule has 2 aromatic rings. The third-order valence-corrected chi connectivity index (χ3v) is 6.89. The van der Waals surface area contributed by atoms with Gasteiger partial charge < -0.3 is 19.5 Å². The molecule has 0 radical (unpaired) electrons. The number of hydrogen-bond donors (Lipinski definition) is 1. The first kappa shape index (κ1) is 24.0. The van der Waals surface area contributed by atoms with Gasteiger partial charge in [0.25, 0.3) is 0 Å². The van der Waals surface area contributed by atoms with E-state index in [2.05, 4.69) is 50.4 Å². The zero-order chi connectivity index (χ0) is 23.1. The Labute approximate surface area is 192 Å². The lowest BCUT2D eigenvalue weighted by Crippen LogP contribution is -2.45. The largest absolute Gasteiger partial charge is 0.493 e. The van der Waals surface area contributed by atoms with Gasteiger partial charge in [-0.25, -0.2) is 4.79 Å². The highest BCUT2D eigenvalue weighted by atomic mass is 16.6. The van der Waals surface area contributed by atoms with Crippen molar-refractivity contribution in [1.29, 1.82) is 0 Å². The van der Waals surface area contributed by atoms with E-state index in [1.54, 1.807) is 14.2 Å². The van der Waals surface area contributed by atoms with Crippen molar-refractivity contribution < 1.29 is 19.0 Å². The minimum Gasteiger partial charge on any atom is -0.493 e. The fourth-order valence-electron chi connectivity index (χ4n) is 4.89. The van der Waals surface area contributed by atoms with E-state index in [1.807, 2.05) is 24.3 Å². The summed E-state index contributed by atoms with van der Waals surface area (Å²) in [4.78, 5) is 12.7. The van der Waals surface area contributed by atoms with Gasteiger partial charge >= 0.3 is 6.09 Å². The van der Waals surface area contributed by atoms with Crippen molar-refractivity contribution in [1.82, 2.24) is 5.32 Å². The van der Waals surface area contributed by atoms with E-state index >= 15 is 0 Å². The Hall–Kier alpha value is -2.69. The number of benzene rings is 2. The SMILES string of the molecule is COc1ccc(CCNC(=O)O[C@@H]2C[C@H](C)CC[C@H]2C(C)(C)c2ccccc2)cc1OC. The topological polar surface area (TPSA) is 56.8 Å². The molecule has 1 aliphatic rings. The van der Waals surface area contributed by atoms with Gasteiger partial charge in [-0.3, -0.25) is 0 Å². The van der Waals surface area contributed by atoms with Gasteiger partial charge in [0.2, 0.25) is 0 Å². The summed E-state index contributed by atoms with van der Waals surface area (Å²) in [6.45, 7) is 7.29. The van der Waals surface area contributed by atoms with Gasteiger partial charge in [0.15, 0.2) is 11.5 Å². The predicted octanol–water partition coefficient (Wildman–Crippen LogP) is 5.76. The van der Waals surface area contributed by atoms with Gasteiger partial charge in [0.05, 0.1) is 14.2 Å². The molecule has 1 fully saturated rings. The first-order valence-electron chi connectivity index (χ1n) is 11.6. The van der Waals surface area contributed by atoms with E-state index in [0.29, 0.717) is 30.4 Å². The van der Waals surface area contributed by atoms with Crippen molar-refractivity contribution in [2.24, 2.45) is 11.8 Å². The molecule has 2 aromatic carbocycles. The number of rotatable bonds is 8. The summed E-state index contributed by atoms with van der Waals surface area (Å²) in [6.07, 6.45) is 3.40. The summed E-state index contributed by atoms with van der Waals surface area (Å²) in [5, 5.41) is 2.94. The van der Waals surface area contributed by atoms with Crippen LogP contribution in [-0.2, 0) is 16.6 Å². The molecule has 32 heavy (non-hydrogen) atoms. The standard InChI is InChI=1S/C27H37NO4/c1-19-11-13-22(27(2,3)21-9-7-6-8-10-21)24(17-19)32-26(29)28-16-15-20-12-14-23(30-4)25(18-20)31-5/h6-10,12,14,18-19,22,24H,11,13,15-17H2,1-5H3,(H,28,29)/t19-,22-,24-/m1/s1. The number of methoxy groups -OCH3 is 2. The Morgan fingerprint density at radius 3 is 2.44 bits per heavy atom. The smallest absolute Gasteiger partial charge is 0.407 e. The maximum absolute atomic E-state index is 12.7. The predicted molar refractivity (Wildman–Crippen MR) is 127 cm³/mol. The molecule has 0 saturated heterocycles. The highest BCUT2D eigenvalue weighted by Crippen LogP contribution is 2.43. The lowest BCUT2D eigenvalue weighted by molar-refractivity contribution is -0.00308. The van der Waals surface area contributed by atoms with Crippen LogP contribution in [0.4, 0.5) is 4.79 Å². The number of nitrogens with one attached hydrogen (secondary N) is 1. The lowest BCUT2D eigenvalue weighted by atomic mass is 9.64. The van der Waals surface area contributed by atoms with E-state index in [1.165, 1.54) is 12.0 Å². The van der Waals surface area contributed by atoms with Crippen molar-refractivity contribution in [2.45, 2.75) is 58.0 Å². The van der Waals surface area contributed by atoms with Crippen LogP contribution in [0, 0.1) is 11.8 Å². The Kier molecular flexibility index (Phi) is 8.05. The quantitative estimate of drug-likeness (QED) is 0.569. The molecule has 3 rings (SSSR count). The van der Waals surface area contributed by atoms with Gasteiger partial charge in [-0.1, -0.05) is 63.6 Å². The summed E-state index contributed by atoms with van der Waals surface area (Å²) in [5.41, 5.74) is 2.30. The van der Waals surface area contributed by atoms with Crippen LogP contribution < -0.4 is 14.8 Å². The van der Waals surface area contributed by atoms with Crippen LogP contribution in [0.15, 0.2) is 48.5 Å². The molecule has 5 nitrogen and oxygen atoms in total. The first-order chi connectivity index (χ1) is 15.3. The molecule has 0 spiro atoms. The molecule has 1 N–H and O–H groups in total. The summed E-state index contributed by atoms with van der Waals surface area (Å²) >= 11 is 0. The van der Waals surface area contributed by atoms with Crippen LogP contribution in [0.25, 0.3) is 0 Å². The summed E-state index contributed by atoms with van der Waals surface area (Å²) < 4.78 is 16.6. The molecule has 0 bridgehead atoms. The summed E-state index contributed by atoms with van der Waals surface area (Å²) in [7, 11) is 3.24. The molecular weight excluding hydrogens is 402 g/mol. The zero-order valence-electron chi connectivity index (χ0n) is 20.0. The van der Waals surface area contributed by atoms with Gasteiger partial charge in [-0.05, 0) is 53.9 Å². The van der Waals surface area contributed by atoms with E-state index < -0.39 is 0 Å². The fourth-order valence-corrected chi connectivity index (χ4v) is 4.89. The monoisotopic (exact) mass is 439 g/mol. The van der Waals surface area contributed by atoms with Crippen LogP contribution >= 0.6 is 0 Å². The van der Waals surface area contributed by atoms with Crippen molar-refractivity contribution in [3.8, 4) is 11.5 Å². The van der Waals surface area contributed by atoms with Crippen LogP contribution in [0.3, 0.4) is 0 Å². The summed E-state index contributed by atoms with van der Waals surface area (Å²) in [5.74, 6) is 2.23. The Balaban J connectivity index is 1.59. The number of ether oxygens (including phenoxy) is 3. The molecule has 3 atom stereocenters. The van der Waals surface area contributed by atoms with Crippen molar-refractivity contribution in [3.63, 3.8) is 0 Å². The van der Waals surface area contributed by atoms with Crippen molar-refractivity contribution >= 4 is 6.09 Å². The third kappa shape index (κ3) is 5.76. The molecule has 0 unspecified atom stereocenters. The van der Waals surface area contributed by atoms with E-state index in [9.17, 15) is 4.79 Å². The normalized spacial score (nSPS) is 21.0. The van der Waals surface area contributed by atoms with Crippen LogP contribution in [0.5, 0.6) is 11.5 Å². The van der Waals surface area contributed by atoms with E-state index in [0.717, 1.165) is 18.4 Å². The highest BCUT2D eigenvalue weighted by molar-refractivity contribution is 5.67. The lowest BCUT2D eigenvalue weighted by Gasteiger charge is -2.43. The molecule has 5 heteroatoms. The molecule has 0 aliphatic heterocycles. The number of carbonyl (C=O) groups excluding carboxylic acids is 1. The average Bonchev–Trinajstić information content (AvgIpc) is 2.79. The zero-order valence-corrected chi connectivity index (χ0v) is 20.0. The fraction of sp³-hybridized carbons (Fsp3) is 0.519. The van der Waals surface area contributed by atoms with Crippen molar-refractivity contribution in [3.05, 3.63) is 59.7 Å². The molecule has 0 heterocycles. The minimum atomic E-state index is -0.335. The molecule has 1 aliphatic carbocycles. The average molecular weight is 440 g/mol. The Bertz CT molecular complexity index is 880. The molecular formula is C27H37NO4. The molecule has 1 amide bonds. The minimum absolute atomic E-state index is 0.0635. The van der Waals surface area contributed by atoms with Gasteiger partial charge in [-0.2, -0.15) is 0 Å². The van der Waals surface area contributed by atoms with Crippen LogP contribution in [0.1, 0.15) is 51.2 Å². The number of hydrogen-bond acceptors (Lipinski definition) is 4. The molecule has 1 saturated carbocycles. The van der Waals surface area contributed by atoms with Crippen LogP contribution in [-0.4, -0.2) is 33.0 Å². The van der Waals surface area contributed by atoms with Crippen molar-refractivity contribution in [2.75, 3.05) is 20.8 Å². The Morgan fingerprint density at radius 1 is 1.03 bits per heavy atom. The second kappa shape index (κ2) is 10.8. The summed E-state index contributed by atoms with van der Waals surface area (Å²) in [6, 6.07) is 16.4. The Morgan fingerprint density at radius 2 is 1.75 bits per heavy atom. The maximum Gasteiger partial charge on any atom is 0.407 e. The van der Waals surface area contributed by atoms with Gasteiger partial charge in [0.1, 0.15) is 6.10 Å². The number of amides is 1. The second-order valence-electron chi connectivity index (χ2n) is 9.42. The number of carbonyl (C=O) groups is 1. The number of alkyl carbamates (subject to hydrolysis) is 1. The highest BCUT2D eigenvalue weighted by Gasteiger charge is 2.41. The van der Waals surface area contributed by atoms with Crippen LogP contribution in [0.2, 0.25) is 0 Å². The second-order valence-corrected chi connectivity index (χ2v) is 9.42.